The first-order valence-corrected chi connectivity index (χ1v) is 6.80. The highest BCUT2D eigenvalue weighted by Gasteiger charge is 2.13. The maximum atomic E-state index is 11.0. The van der Waals surface area contributed by atoms with Crippen LogP contribution in [0.2, 0.25) is 0 Å². The first-order chi connectivity index (χ1) is 10.2. The Bertz CT molecular complexity index is 658. The number of allylic oxidation sites excluding steroid dienone is 1. The second kappa shape index (κ2) is 7.40. The highest BCUT2D eigenvalue weighted by molar-refractivity contribution is 5.84. The maximum Gasteiger partial charge on any atom is 0.328 e. The van der Waals surface area contributed by atoms with Crippen molar-refractivity contribution >= 4 is 29.2 Å². The van der Waals surface area contributed by atoms with Gasteiger partial charge in [0, 0.05) is 11.6 Å². The van der Waals surface area contributed by atoms with Gasteiger partial charge in [-0.15, -0.1) is 0 Å². The van der Waals surface area contributed by atoms with E-state index in [0.717, 1.165) is 16.5 Å². The summed E-state index contributed by atoms with van der Waals surface area (Å²) >= 11 is 0. The maximum absolute atomic E-state index is 11.0. The molecule has 110 valence electrons. The summed E-state index contributed by atoms with van der Waals surface area (Å²) in [5.41, 5.74) is 7.17. The van der Waals surface area contributed by atoms with Crippen molar-refractivity contribution in [1.82, 2.24) is 0 Å². The van der Waals surface area contributed by atoms with E-state index >= 15 is 0 Å². The molecule has 0 amide bonds. The van der Waals surface area contributed by atoms with Crippen molar-refractivity contribution in [3.63, 3.8) is 0 Å². The lowest BCUT2D eigenvalue weighted by Gasteiger charge is -2.04. The minimum absolute atomic E-state index is 0.453. The van der Waals surface area contributed by atoms with Crippen molar-refractivity contribution in [3.05, 3.63) is 42.2 Å². The number of benzene rings is 1. The van der Waals surface area contributed by atoms with Crippen molar-refractivity contribution in [3.8, 4) is 0 Å². The standard InChI is InChI=1S/C16H18N2O3/c17-8-1-4-14(16(19)20)18-9-2-3-12-5-6-13-7-10-21-15(13)11-12/h2-3,5-7,9-11,14H,1,4,8,17H2,(H,19,20)/b3-2+,18-9?. The number of furan rings is 1. The topological polar surface area (TPSA) is 88.8 Å². The van der Waals surface area contributed by atoms with E-state index in [-0.39, 0.29) is 0 Å². The fourth-order valence-electron chi connectivity index (χ4n) is 1.96. The second-order valence-electron chi connectivity index (χ2n) is 4.66. The van der Waals surface area contributed by atoms with Crippen LogP contribution in [0.15, 0.2) is 46.0 Å². The number of carboxylic acid groups (broad SMARTS) is 1. The Balaban J connectivity index is 1.99. The summed E-state index contributed by atoms with van der Waals surface area (Å²) in [4.78, 5) is 15.0. The normalized spacial score (nSPS) is 13.4. The van der Waals surface area contributed by atoms with Gasteiger partial charge in [-0.2, -0.15) is 0 Å². The van der Waals surface area contributed by atoms with E-state index in [2.05, 4.69) is 4.99 Å². The Morgan fingerprint density at radius 3 is 3.05 bits per heavy atom. The number of carbonyl (C=O) groups is 1. The molecule has 5 heteroatoms. The molecule has 0 fully saturated rings. The SMILES string of the molecule is NCCCC(N=C/C=C/c1ccc2ccoc2c1)C(=O)O. The molecule has 1 aromatic heterocycles. The zero-order valence-electron chi connectivity index (χ0n) is 11.6. The number of nitrogens with zero attached hydrogens (tertiary/aromatic N) is 1. The molecular weight excluding hydrogens is 268 g/mol. The van der Waals surface area contributed by atoms with Crippen LogP contribution in [-0.4, -0.2) is 29.9 Å². The zero-order valence-corrected chi connectivity index (χ0v) is 11.6. The zero-order chi connectivity index (χ0) is 15.1. The number of carboxylic acids is 1. The highest BCUT2D eigenvalue weighted by atomic mass is 16.4. The van der Waals surface area contributed by atoms with Gasteiger partial charge in [-0.25, -0.2) is 4.79 Å². The molecule has 0 spiro atoms. The number of fused-ring (bicyclic) bond motifs is 1. The fraction of sp³-hybridized carbons (Fsp3) is 0.250. The van der Waals surface area contributed by atoms with E-state index < -0.39 is 12.0 Å². The molecule has 3 N–H and O–H groups in total. The molecule has 21 heavy (non-hydrogen) atoms. The third-order valence-corrected chi connectivity index (χ3v) is 3.09. The molecule has 0 aliphatic carbocycles. The Morgan fingerprint density at radius 1 is 1.43 bits per heavy atom. The van der Waals surface area contributed by atoms with Gasteiger partial charge < -0.3 is 15.3 Å². The minimum atomic E-state index is -0.926. The van der Waals surface area contributed by atoms with E-state index in [1.165, 1.54) is 6.21 Å². The first kappa shape index (κ1) is 15.0. The lowest BCUT2D eigenvalue weighted by molar-refractivity contribution is -0.138. The van der Waals surface area contributed by atoms with Crippen LogP contribution in [0.5, 0.6) is 0 Å². The van der Waals surface area contributed by atoms with Crippen molar-refractivity contribution < 1.29 is 14.3 Å². The number of aliphatic imine (C=N–C) groups is 1. The molecule has 0 saturated carbocycles. The predicted molar refractivity (Wildman–Crippen MR) is 83.5 cm³/mol. The number of nitrogens with two attached hydrogens (primary N) is 1. The molecule has 0 aliphatic rings. The van der Waals surface area contributed by atoms with Crippen LogP contribution in [0.25, 0.3) is 17.0 Å². The van der Waals surface area contributed by atoms with Crippen LogP contribution in [0.1, 0.15) is 18.4 Å². The Kier molecular flexibility index (Phi) is 5.29. The average molecular weight is 286 g/mol. The molecule has 1 heterocycles. The van der Waals surface area contributed by atoms with Gasteiger partial charge in [0.2, 0.25) is 0 Å². The summed E-state index contributed by atoms with van der Waals surface area (Å²) in [5, 5.41) is 10.1. The average Bonchev–Trinajstić information content (AvgIpc) is 2.93. The van der Waals surface area contributed by atoms with Gasteiger partial charge >= 0.3 is 5.97 Å². The van der Waals surface area contributed by atoms with E-state index in [1.807, 2.05) is 30.3 Å². The van der Waals surface area contributed by atoms with Gasteiger partial charge in [-0.1, -0.05) is 18.2 Å². The lowest BCUT2D eigenvalue weighted by Crippen LogP contribution is -2.19. The van der Waals surface area contributed by atoms with E-state index in [0.29, 0.717) is 19.4 Å². The summed E-state index contributed by atoms with van der Waals surface area (Å²) in [7, 11) is 0. The Morgan fingerprint density at radius 2 is 2.29 bits per heavy atom. The molecule has 0 bridgehead atoms. The monoisotopic (exact) mass is 286 g/mol. The quantitative estimate of drug-likeness (QED) is 0.766. The van der Waals surface area contributed by atoms with E-state index in [4.69, 9.17) is 15.3 Å². The third kappa shape index (κ3) is 4.29. The number of aliphatic carboxylic acids is 1. The van der Waals surface area contributed by atoms with Crippen LogP contribution < -0.4 is 5.73 Å². The van der Waals surface area contributed by atoms with Crippen LogP contribution in [-0.2, 0) is 4.79 Å². The van der Waals surface area contributed by atoms with Gasteiger partial charge in [0.1, 0.15) is 11.6 Å². The van der Waals surface area contributed by atoms with Gasteiger partial charge in [-0.05, 0) is 43.2 Å². The number of hydrogen-bond donors (Lipinski definition) is 2. The molecule has 1 atom stereocenters. The van der Waals surface area contributed by atoms with Gasteiger partial charge in [0.25, 0.3) is 0 Å². The molecule has 2 aromatic rings. The van der Waals surface area contributed by atoms with Crippen LogP contribution in [0.4, 0.5) is 0 Å². The lowest BCUT2D eigenvalue weighted by atomic mass is 10.1. The number of hydrogen-bond acceptors (Lipinski definition) is 4. The Hall–Kier alpha value is -2.40. The molecule has 0 radical (unpaired) electrons. The van der Waals surface area contributed by atoms with E-state index in [1.54, 1.807) is 12.3 Å². The molecule has 0 aliphatic heterocycles. The fourth-order valence-corrected chi connectivity index (χ4v) is 1.96. The second-order valence-corrected chi connectivity index (χ2v) is 4.66. The smallest absolute Gasteiger partial charge is 0.328 e. The first-order valence-electron chi connectivity index (χ1n) is 6.80. The van der Waals surface area contributed by atoms with Gasteiger partial charge in [0.15, 0.2) is 0 Å². The molecule has 2 rings (SSSR count). The summed E-state index contributed by atoms with van der Waals surface area (Å²) in [6.07, 6.45) is 7.84. The van der Waals surface area contributed by atoms with Crippen LogP contribution in [0, 0.1) is 0 Å². The van der Waals surface area contributed by atoms with Gasteiger partial charge in [-0.3, -0.25) is 4.99 Å². The summed E-state index contributed by atoms with van der Waals surface area (Å²) in [6.45, 7) is 0.471. The molecule has 0 saturated heterocycles. The highest BCUT2D eigenvalue weighted by Crippen LogP contribution is 2.17. The van der Waals surface area contributed by atoms with Crippen molar-refractivity contribution in [2.75, 3.05) is 6.54 Å². The van der Waals surface area contributed by atoms with Crippen LogP contribution >= 0.6 is 0 Å². The van der Waals surface area contributed by atoms with Crippen molar-refractivity contribution in [1.29, 1.82) is 0 Å². The minimum Gasteiger partial charge on any atom is -0.480 e. The molecule has 5 nitrogen and oxygen atoms in total. The van der Waals surface area contributed by atoms with Gasteiger partial charge in [0.05, 0.1) is 6.26 Å². The summed E-state index contributed by atoms with van der Waals surface area (Å²) < 4.78 is 5.32. The van der Waals surface area contributed by atoms with E-state index in [9.17, 15) is 4.79 Å². The Labute approximate surface area is 122 Å². The van der Waals surface area contributed by atoms with Crippen molar-refractivity contribution in [2.24, 2.45) is 10.7 Å². The summed E-state index contributed by atoms with van der Waals surface area (Å²) in [5.74, 6) is -0.926. The van der Waals surface area contributed by atoms with Crippen LogP contribution in [0.3, 0.4) is 0 Å². The molecule has 1 aromatic carbocycles. The van der Waals surface area contributed by atoms with Crippen molar-refractivity contribution in [2.45, 2.75) is 18.9 Å². The molecular formula is C16H18N2O3. The predicted octanol–water partition coefficient (Wildman–Crippen LogP) is 2.71. The number of rotatable bonds is 7. The molecule has 1 unspecified atom stereocenters. The third-order valence-electron chi connectivity index (χ3n) is 3.09. The largest absolute Gasteiger partial charge is 0.480 e. The summed E-state index contributed by atoms with van der Waals surface area (Å²) in [6, 6.07) is 7.02.